The number of rotatable bonds is 4. The highest BCUT2D eigenvalue weighted by molar-refractivity contribution is 7.22. The number of piperazine rings is 1. The van der Waals surface area contributed by atoms with Gasteiger partial charge in [-0.3, -0.25) is 14.9 Å². The van der Waals surface area contributed by atoms with Crippen molar-refractivity contribution in [1.29, 1.82) is 0 Å². The average molecular weight is 472 g/mol. The number of likely N-dealkylation sites (N-methyl/N-ethyl adjacent to an activating group) is 1. The van der Waals surface area contributed by atoms with Gasteiger partial charge in [0.25, 0.3) is 11.2 Å². The summed E-state index contributed by atoms with van der Waals surface area (Å²) in [6.07, 6.45) is -2.98. The number of anilines is 1. The topological polar surface area (TPSA) is 82.8 Å². The average Bonchev–Trinajstić information content (AvgIpc) is 2.74. The Kier molecular flexibility index (Phi) is 6.37. The summed E-state index contributed by atoms with van der Waals surface area (Å²) in [5.41, 5.74) is -2.81. The molecule has 0 saturated carbocycles. The molecule has 0 bridgehead atoms. The number of alkyl halides is 3. The number of nitro benzene ring substituents is 1. The first-order chi connectivity index (χ1) is 15.1. The Labute approximate surface area is 186 Å². The van der Waals surface area contributed by atoms with Crippen LogP contribution in [0.1, 0.15) is 18.4 Å². The molecule has 2 fully saturated rings. The molecule has 1 aromatic carbocycles. The molecule has 2 aromatic rings. The second kappa shape index (κ2) is 8.91. The molecule has 2 aliphatic rings. The lowest BCUT2D eigenvalue weighted by Crippen LogP contribution is -2.47. The van der Waals surface area contributed by atoms with Gasteiger partial charge in [-0.1, -0.05) is 11.3 Å². The lowest BCUT2D eigenvalue weighted by atomic mass is 9.96. The standard InChI is InChI=1S/C20H24F3N5O3S/c1-25-6-8-26(9-7-25)12-13-2-4-27(5-3-13)19-24-18(29)15-10-14(20(21,22)23)11-16(28(30)31)17(15)32-19/h10-11,13H,2-9,12H2,1H3. The summed E-state index contributed by atoms with van der Waals surface area (Å²) in [6.45, 7) is 6.55. The van der Waals surface area contributed by atoms with Gasteiger partial charge in [0.1, 0.15) is 4.70 Å². The third-order valence-corrected chi connectivity index (χ3v) is 7.38. The highest BCUT2D eigenvalue weighted by Gasteiger charge is 2.34. The van der Waals surface area contributed by atoms with Crippen molar-refractivity contribution in [2.75, 3.05) is 57.8 Å². The van der Waals surface area contributed by atoms with E-state index in [1.54, 1.807) is 0 Å². The van der Waals surface area contributed by atoms with E-state index in [1.165, 1.54) is 0 Å². The maximum Gasteiger partial charge on any atom is 0.416 e. The van der Waals surface area contributed by atoms with Crippen molar-refractivity contribution in [2.45, 2.75) is 19.0 Å². The second-order valence-electron chi connectivity index (χ2n) is 8.46. The van der Waals surface area contributed by atoms with Crippen molar-refractivity contribution >= 4 is 32.2 Å². The first-order valence-corrected chi connectivity index (χ1v) is 11.3. The second-order valence-corrected chi connectivity index (χ2v) is 9.44. The van der Waals surface area contributed by atoms with E-state index in [4.69, 9.17) is 0 Å². The SMILES string of the molecule is CN1CCN(CC2CCN(c3nc(=O)c4cc(C(F)(F)F)cc([N+](=O)[O-])c4s3)CC2)CC1. The number of fused-ring (bicyclic) bond motifs is 1. The van der Waals surface area contributed by atoms with Gasteiger partial charge in [0.05, 0.1) is 15.9 Å². The van der Waals surface area contributed by atoms with Gasteiger partial charge in [-0.2, -0.15) is 18.2 Å². The number of nitrogens with zero attached hydrogens (tertiary/aromatic N) is 5. The normalized spacial score (nSPS) is 19.6. The summed E-state index contributed by atoms with van der Waals surface area (Å²) < 4.78 is 39.3. The Morgan fingerprint density at radius 2 is 1.81 bits per heavy atom. The van der Waals surface area contributed by atoms with Gasteiger partial charge in [-0.05, 0) is 31.9 Å². The van der Waals surface area contributed by atoms with Crippen LogP contribution in [-0.2, 0) is 6.18 Å². The van der Waals surface area contributed by atoms with Crippen LogP contribution in [0.25, 0.3) is 10.1 Å². The van der Waals surface area contributed by atoms with Crippen molar-refractivity contribution in [3.8, 4) is 0 Å². The summed E-state index contributed by atoms with van der Waals surface area (Å²) >= 11 is 0.909. The van der Waals surface area contributed by atoms with Crippen molar-refractivity contribution in [1.82, 2.24) is 14.8 Å². The molecule has 32 heavy (non-hydrogen) atoms. The number of hydrogen-bond acceptors (Lipinski definition) is 8. The van der Waals surface area contributed by atoms with Crippen LogP contribution in [0, 0.1) is 16.0 Å². The summed E-state index contributed by atoms with van der Waals surface area (Å²) in [5.74, 6) is 0.524. The fourth-order valence-corrected chi connectivity index (χ4v) is 5.39. The zero-order valence-corrected chi connectivity index (χ0v) is 18.4. The van der Waals surface area contributed by atoms with Crippen LogP contribution in [0.3, 0.4) is 0 Å². The number of halogens is 3. The maximum atomic E-state index is 13.1. The summed E-state index contributed by atoms with van der Waals surface area (Å²) in [7, 11) is 2.12. The molecule has 0 radical (unpaired) electrons. The molecule has 3 heterocycles. The third kappa shape index (κ3) is 4.86. The quantitative estimate of drug-likeness (QED) is 0.501. The van der Waals surface area contributed by atoms with Crippen molar-refractivity contribution in [3.05, 3.63) is 38.2 Å². The number of aromatic nitrogens is 1. The van der Waals surface area contributed by atoms with Crippen LogP contribution < -0.4 is 10.5 Å². The molecular weight excluding hydrogens is 447 g/mol. The fraction of sp³-hybridized carbons (Fsp3) is 0.600. The summed E-state index contributed by atoms with van der Waals surface area (Å²) in [5, 5.41) is 11.4. The van der Waals surface area contributed by atoms with E-state index in [1.807, 2.05) is 4.90 Å². The van der Waals surface area contributed by atoms with E-state index in [0.29, 0.717) is 36.3 Å². The Hall–Kier alpha value is -2.31. The van der Waals surface area contributed by atoms with Gasteiger partial charge in [0.15, 0.2) is 5.13 Å². The molecule has 174 valence electrons. The van der Waals surface area contributed by atoms with Crippen LogP contribution in [0.15, 0.2) is 16.9 Å². The van der Waals surface area contributed by atoms with Crippen molar-refractivity contribution < 1.29 is 18.1 Å². The van der Waals surface area contributed by atoms with Crippen molar-refractivity contribution in [3.63, 3.8) is 0 Å². The highest BCUT2D eigenvalue weighted by Crippen LogP contribution is 2.38. The molecule has 0 N–H and O–H groups in total. The number of nitro groups is 1. The minimum Gasteiger partial charge on any atom is -0.348 e. The monoisotopic (exact) mass is 471 g/mol. The van der Waals surface area contributed by atoms with E-state index >= 15 is 0 Å². The number of hydrogen-bond donors (Lipinski definition) is 0. The Bertz CT molecular complexity index is 1060. The first kappa shape index (κ1) is 22.9. The Balaban J connectivity index is 1.53. The van der Waals surface area contributed by atoms with E-state index < -0.39 is 27.9 Å². The third-order valence-electron chi connectivity index (χ3n) is 6.21. The molecule has 0 amide bonds. The Morgan fingerprint density at radius 3 is 2.41 bits per heavy atom. The van der Waals surface area contributed by atoms with E-state index in [0.717, 1.165) is 56.9 Å². The summed E-state index contributed by atoms with van der Waals surface area (Å²) in [6, 6.07) is 1.14. The number of non-ortho nitro benzene ring substituents is 1. The molecule has 0 aliphatic carbocycles. The minimum absolute atomic E-state index is 0.0717. The van der Waals surface area contributed by atoms with Crippen LogP contribution in [0.4, 0.5) is 24.0 Å². The molecule has 0 atom stereocenters. The van der Waals surface area contributed by atoms with Crippen molar-refractivity contribution in [2.24, 2.45) is 5.92 Å². The van der Waals surface area contributed by atoms with Gasteiger partial charge < -0.3 is 14.7 Å². The molecule has 12 heteroatoms. The Morgan fingerprint density at radius 1 is 1.16 bits per heavy atom. The molecular formula is C20H24F3N5O3S. The van der Waals surface area contributed by atoms with Crippen LogP contribution >= 0.6 is 11.3 Å². The maximum absolute atomic E-state index is 13.1. The predicted molar refractivity (Wildman–Crippen MR) is 116 cm³/mol. The lowest BCUT2D eigenvalue weighted by molar-refractivity contribution is -0.383. The van der Waals surface area contributed by atoms with E-state index in [-0.39, 0.29) is 10.1 Å². The van der Waals surface area contributed by atoms with Crippen LogP contribution in [-0.4, -0.2) is 72.6 Å². The molecule has 4 rings (SSSR count). The molecule has 0 spiro atoms. The van der Waals surface area contributed by atoms with Gasteiger partial charge in [-0.25, -0.2) is 0 Å². The van der Waals surface area contributed by atoms with Gasteiger partial charge >= 0.3 is 6.18 Å². The van der Waals surface area contributed by atoms with Crippen LogP contribution in [0.5, 0.6) is 0 Å². The fourth-order valence-electron chi connectivity index (χ4n) is 4.28. The molecule has 2 aliphatic heterocycles. The zero-order chi connectivity index (χ0) is 23.0. The first-order valence-electron chi connectivity index (χ1n) is 10.5. The van der Waals surface area contributed by atoms with Crippen LogP contribution in [0.2, 0.25) is 0 Å². The van der Waals surface area contributed by atoms with Gasteiger partial charge in [-0.15, -0.1) is 0 Å². The smallest absolute Gasteiger partial charge is 0.348 e. The number of piperidine rings is 1. The number of benzene rings is 1. The summed E-state index contributed by atoms with van der Waals surface area (Å²) in [4.78, 5) is 33.8. The van der Waals surface area contributed by atoms with Gasteiger partial charge in [0, 0.05) is 51.9 Å². The molecule has 8 nitrogen and oxygen atoms in total. The highest BCUT2D eigenvalue weighted by atomic mass is 32.1. The molecule has 1 aromatic heterocycles. The molecule has 2 saturated heterocycles. The van der Waals surface area contributed by atoms with Gasteiger partial charge in [0.2, 0.25) is 0 Å². The largest absolute Gasteiger partial charge is 0.416 e. The predicted octanol–water partition coefficient (Wildman–Crippen LogP) is 3.05. The minimum atomic E-state index is -4.79. The lowest BCUT2D eigenvalue weighted by Gasteiger charge is -2.38. The molecule has 0 unspecified atom stereocenters. The van der Waals surface area contributed by atoms with E-state index in [2.05, 4.69) is 21.8 Å². The zero-order valence-electron chi connectivity index (χ0n) is 17.6. The van der Waals surface area contributed by atoms with E-state index in [9.17, 15) is 28.1 Å².